The highest BCUT2D eigenvalue weighted by molar-refractivity contribution is 6.59. The van der Waals surface area contributed by atoms with Gasteiger partial charge in [-0.1, -0.05) is 92.8 Å². The molecule has 19 heteroatoms. The molecule has 0 aromatic heterocycles. The van der Waals surface area contributed by atoms with Crippen molar-refractivity contribution in [1.29, 1.82) is 0 Å². The second kappa shape index (κ2) is 11.4. The standard InChI is InChI=1S/C14H10Cl8O11/c15-6(16)2(24)11(30,1-23)13(32,4(26)8(19)20)14(33,5(27)9(21)22)12(31,10(28)29)3(25)7(17)18/h1,6-9,30-33H,(H,28,29)/t11-,12-,13-,14-/m1/s1. The highest BCUT2D eigenvalue weighted by Crippen LogP contribution is 2.47. The lowest BCUT2D eigenvalue weighted by atomic mass is 9.58. The summed E-state index contributed by atoms with van der Waals surface area (Å²) >= 11 is 42.3. The summed E-state index contributed by atoms with van der Waals surface area (Å²) in [7, 11) is 0. The Labute approximate surface area is 223 Å². The Bertz CT molecular complexity index is 864. The lowest BCUT2D eigenvalue weighted by Crippen LogP contribution is -2.87. The van der Waals surface area contributed by atoms with Gasteiger partial charge >= 0.3 is 5.97 Å². The van der Waals surface area contributed by atoms with Gasteiger partial charge in [0.25, 0.3) is 5.60 Å². The van der Waals surface area contributed by atoms with E-state index in [0.717, 1.165) is 0 Å². The summed E-state index contributed by atoms with van der Waals surface area (Å²) in [6.07, 6.45) is -1.05. The minimum atomic E-state index is -5.08. The van der Waals surface area contributed by atoms with Crippen LogP contribution in [0.3, 0.4) is 0 Å². The lowest BCUT2D eigenvalue weighted by Gasteiger charge is -2.51. The van der Waals surface area contributed by atoms with Crippen LogP contribution in [0.5, 0.6) is 0 Å². The van der Waals surface area contributed by atoms with Crippen molar-refractivity contribution >= 4 is 128 Å². The first-order valence-corrected chi connectivity index (χ1v) is 11.1. The monoisotopic (exact) mass is 634 g/mol. The third-order valence-corrected chi connectivity index (χ3v) is 5.90. The molecule has 0 aliphatic heterocycles. The van der Waals surface area contributed by atoms with Crippen molar-refractivity contribution in [2.24, 2.45) is 0 Å². The number of halogens is 8. The molecule has 0 rings (SSSR count). The molecular weight excluding hydrogens is 628 g/mol. The molecule has 4 atom stereocenters. The first-order valence-electron chi connectivity index (χ1n) is 7.56. The van der Waals surface area contributed by atoms with Crippen molar-refractivity contribution in [3.05, 3.63) is 0 Å². The predicted molar refractivity (Wildman–Crippen MR) is 116 cm³/mol. The van der Waals surface area contributed by atoms with Crippen LogP contribution in [-0.2, 0) is 28.8 Å². The van der Waals surface area contributed by atoms with E-state index >= 15 is 0 Å². The Hall–Kier alpha value is -0.0200. The van der Waals surface area contributed by atoms with Gasteiger partial charge in [-0.15, -0.1) is 0 Å². The van der Waals surface area contributed by atoms with Crippen LogP contribution in [0, 0.1) is 0 Å². The molecule has 0 fully saturated rings. The van der Waals surface area contributed by atoms with E-state index in [9.17, 15) is 54.3 Å². The molecule has 0 aromatic carbocycles. The molecule has 0 bridgehead atoms. The number of Topliss-reactive ketones (excluding diaryl/α,β-unsaturated/α-hetero) is 4. The molecule has 0 radical (unpaired) electrons. The molecule has 0 aromatic rings. The van der Waals surface area contributed by atoms with Gasteiger partial charge < -0.3 is 25.5 Å². The van der Waals surface area contributed by atoms with E-state index < -0.39 is 77.1 Å². The van der Waals surface area contributed by atoms with Crippen LogP contribution in [0.15, 0.2) is 0 Å². The summed E-state index contributed by atoms with van der Waals surface area (Å²) in [5, 5.41) is 53.2. The Kier molecular flexibility index (Phi) is 11.4. The van der Waals surface area contributed by atoms with Gasteiger partial charge in [-0.05, 0) is 0 Å². The van der Waals surface area contributed by atoms with Crippen molar-refractivity contribution in [3.8, 4) is 0 Å². The van der Waals surface area contributed by atoms with Crippen molar-refractivity contribution in [2.75, 3.05) is 0 Å². The number of ketones is 4. The summed E-state index contributed by atoms with van der Waals surface area (Å²) in [4.78, 5) is 63.4. The van der Waals surface area contributed by atoms with Gasteiger partial charge in [-0.25, -0.2) is 4.79 Å². The molecule has 188 valence electrons. The second-order valence-electron chi connectivity index (χ2n) is 5.98. The number of alkyl halides is 8. The van der Waals surface area contributed by atoms with Crippen LogP contribution in [0.2, 0.25) is 0 Å². The van der Waals surface area contributed by atoms with E-state index in [0.29, 0.717) is 0 Å². The normalized spacial score (nSPS) is 19.4. The van der Waals surface area contributed by atoms with Gasteiger partial charge in [0, 0.05) is 0 Å². The molecule has 0 saturated heterocycles. The summed E-state index contributed by atoms with van der Waals surface area (Å²) < 4.78 is 0. The fraction of sp³-hybridized carbons (Fsp3) is 0.571. The Morgan fingerprint density at radius 2 is 0.879 bits per heavy atom. The first kappa shape index (κ1) is 33.0. The van der Waals surface area contributed by atoms with Gasteiger partial charge in [0.2, 0.25) is 39.9 Å². The molecule has 0 aliphatic carbocycles. The van der Waals surface area contributed by atoms with Crippen LogP contribution in [0.25, 0.3) is 0 Å². The Balaban J connectivity index is 8.25. The minimum absolute atomic E-state index is 1.05. The van der Waals surface area contributed by atoms with E-state index in [1.165, 1.54) is 0 Å². The van der Waals surface area contributed by atoms with E-state index in [2.05, 4.69) is 0 Å². The molecule has 5 N–H and O–H groups in total. The first-order chi connectivity index (χ1) is 14.7. The van der Waals surface area contributed by atoms with Crippen LogP contribution < -0.4 is 0 Å². The number of aliphatic carboxylic acids is 1. The maximum atomic E-state index is 12.8. The summed E-state index contributed by atoms with van der Waals surface area (Å²) in [6.45, 7) is 0. The summed E-state index contributed by atoms with van der Waals surface area (Å²) in [5.41, 5.74) is -19.5. The van der Waals surface area contributed by atoms with Gasteiger partial charge in [0.05, 0.1) is 0 Å². The number of carbonyl (C=O) groups is 6. The number of hydrogen-bond donors (Lipinski definition) is 5. The third-order valence-electron chi connectivity index (χ3n) is 4.32. The zero-order chi connectivity index (χ0) is 26.9. The van der Waals surface area contributed by atoms with E-state index in [4.69, 9.17) is 92.8 Å². The van der Waals surface area contributed by atoms with E-state index in [1.807, 2.05) is 0 Å². The summed E-state index contributed by atoms with van der Waals surface area (Å²) in [6, 6.07) is 0. The molecule has 0 heterocycles. The number of aldehydes is 1. The number of carboxylic acid groups (broad SMARTS) is 1. The second-order valence-corrected chi connectivity index (χ2v) is 10.4. The maximum absolute atomic E-state index is 12.8. The lowest BCUT2D eigenvalue weighted by molar-refractivity contribution is -0.259. The van der Waals surface area contributed by atoms with E-state index in [-0.39, 0.29) is 0 Å². The SMILES string of the molecule is O=C[C@@](O)(C(=O)C(Cl)Cl)[C@](O)(C(=O)C(Cl)Cl)[C@@](O)(C(=O)C(Cl)Cl)[C@](O)(C(=O)O)C(=O)C(Cl)Cl. The fourth-order valence-electron chi connectivity index (χ4n) is 2.66. The highest BCUT2D eigenvalue weighted by Gasteiger charge is 2.83. The van der Waals surface area contributed by atoms with Crippen molar-refractivity contribution < 1.29 is 54.3 Å². The van der Waals surface area contributed by atoms with Crippen LogP contribution in [0.4, 0.5) is 0 Å². The van der Waals surface area contributed by atoms with Crippen molar-refractivity contribution in [1.82, 2.24) is 0 Å². The molecular formula is C14H10Cl8O11. The molecule has 11 nitrogen and oxygen atoms in total. The number of carbonyl (C=O) groups excluding carboxylic acids is 5. The number of carboxylic acids is 1. The molecule has 0 amide bonds. The van der Waals surface area contributed by atoms with Crippen LogP contribution in [0.1, 0.15) is 0 Å². The van der Waals surface area contributed by atoms with Crippen molar-refractivity contribution in [3.63, 3.8) is 0 Å². The number of hydrogen-bond acceptors (Lipinski definition) is 10. The third kappa shape index (κ3) is 4.98. The fourth-order valence-corrected chi connectivity index (χ4v) is 3.94. The van der Waals surface area contributed by atoms with Crippen LogP contribution >= 0.6 is 92.8 Å². The number of aliphatic hydroxyl groups is 4. The molecule has 0 aliphatic rings. The van der Waals surface area contributed by atoms with Crippen LogP contribution in [-0.4, -0.2) is 103 Å². The maximum Gasteiger partial charge on any atom is 0.347 e. The van der Waals surface area contributed by atoms with Gasteiger partial charge in [-0.3, -0.25) is 24.0 Å². The quantitative estimate of drug-likeness (QED) is 0.101. The zero-order valence-electron chi connectivity index (χ0n) is 15.1. The molecule has 0 saturated carbocycles. The topological polar surface area (TPSA) is 204 Å². The molecule has 33 heavy (non-hydrogen) atoms. The molecule has 0 unspecified atom stereocenters. The molecule has 0 spiro atoms. The van der Waals surface area contributed by atoms with Gasteiger partial charge in [-0.2, -0.15) is 0 Å². The predicted octanol–water partition coefficient (Wildman–Crippen LogP) is -0.315. The Morgan fingerprint density at radius 3 is 1.12 bits per heavy atom. The average Bonchev–Trinajstić information content (AvgIpc) is 2.73. The largest absolute Gasteiger partial charge is 0.479 e. The smallest absolute Gasteiger partial charge is 0.347 e. The van der Waals surface area contributed by atoms with Gasteiger partial charge in [0.15, 0.2) is 25.6 Å². The summed E-state index contributed by atoms with van der Waals surface area (Å²) in [5.74, 6) is -12.8. The Morgan fingerprint density at radius 1 is 0.576 bits per heavy atom. The minimum Gasteiger partial charge on any atom is -0.479 e. The van der Waals surface area contributed by atoms with Gasteiger partial charge in [0.1, 0.15) is 0 Å². The number of rotatable bonds is 13. The van der Waals surface area contributed by atoms with Crippen molar-refractivity contribution in [2.45, 2.75) is 41.7 Å². The van der Waals surface area contributed by atoms with E-state index in [1.54, 1.807) is 0 Å². The zero-order valence-corrected chi connectivity index (χ0v) is 21.1. The average molecular weight is 638 g/mol. The highest BCUT2D eigenvalue weighted by atomic mass is 35.5.